The number of nitrogens with zero attached hydrogens (tertiary/aromatic N) is 1. The van der Waals surface area contributed by atoms with E-state index in [0.29, 0.717) is 23.4 Å². The predicted octanol–water partition coefficient (Wildman–Crippen LogP) is 2.09. The van der Waals surface area contributed by atoms with Crippen molar-refractivity contribution < 1.29 is 18.7 Å². The summed E-state index contributed by atoms with van der Waals surface area (Å²) in [6, 6.07) is 4.75. The lowest BCUT2D eigenvalue weighted by Crippen LogP contribution is -2.48. The minimum absolute atomic E-state index is 0.225. The Bertz CT molecular complexity index is 699. The SMILES string of the molecule is CCOC(=O)C1=C(CN2CCCC2)NC(=O)NC1c1cccc(F)c1. The van der Waals surface area contributed by atoms with Gasteiger partial charge in [-0.3, -0.25) is 4.90 Å². The van der Waals surface area contributed by atoms with E-state index >= 15 is 0 Å². The van der Waals surface area contributed by atoms with E-state index in [1.165, 1.54) is 12.1 Å². The molecule has 134 valence electrons. The number of halogens is 1. The molecule has 1 aromatic rings. The second kappa shape index (κ2) is 7.65. The van der Waals surface area contributed by atoms with E-state index in [2.05, 4.69) is 15.5 Å². The van der Waals surface area contributed by atoms with E-state index in [1.54, 1.807) is 19.1 Å². The normalized spacial score (nSPS) is 21.0. The summed E-state index contributed by atoms with van der Waals surface area (Å²) in [6.07, 6.45) is 2.20. The number of amides is 2. The molecular weight excluding hydrogens is 325 g/mol. The summed E-state index contributed by atoms with van der Waals surface area (Å²) in [4.78, 5) is 26.9. The molecule has 2 aliphatic heterocycles. The van der Waals surface area contributed by atoms with Gasteiger partial charge in [0, 0.05) is 12.2 Å². The van der Waals surface area contributed by atoms with Crippen molar-refractivity contribution in [2.45, 2.75) is 25.8 Å². The summed E-state index contributed by atoms with van der Waals surface area (Å²) < 4.78 is 18.8. The molecule has 1 aromatic carbocycles. The van der Waals surface area contributed by atoms with Gasteiger partial charge in [-0.15, -0.1) is 0 Å². The van der Waals surface area contributed by atoms with Gasteiger partial charge < -0.3 is 15.4 Å². The molecule has 2 amide bonds. The van der Waals surface area contributed by atoms with Crippen molar-refractivity contribution in [1.82, 2.24) is 15.5 Å². The standard InChI is InChI=1S/C18H22FN3O3/c1-2-25-17(23)15-14(11-22-8-3-4-9-22)20-18(24)21-16(15)12-6-5-7-13(19)10-12/h5-7,10,16H,2-4,8-9,11H2,1H3,(H2,20,21,24). The van der Waals surface area contributed by atoms with Crippen LogP contribution in [0.15, 0.2) is 35.5 Å². The number of hydrogen-bond acceptors (Lipinski definition) is 4. The summed E-state index contributed by atoms with van der Waals surface area (Å²) in [5.41, 5.74) is 1.37. The summed E-state index contributed by atoms with van der Waals surface area (Å²) in [6.45, 7) is 4.27. The number of ether oxygens (including phenoxy) is 1. The lowest BCUT2D eigenvalue weighted by Gasteiger charge is -2.31. The van der Waals surface area contributed by atoms with Crippen LogP contribution in [-0.4, -0.2) is 43.1 Å². The van der Waals surface area contributed by atoms with Crippen LogP contribution < -0.4 is 10.6 Å². The van der Waals surface area contributed by atoms with Crippen LogP contribution in [-0.2, 0) is 9.53 Å². The van der Waals surface area contributed by atoms with Crippen molar-refractivity contribution in [2.75, 3.05) is 26.2 Å². The number of benzene rings is 1. The zero-order valence-electron chi connectivity index (χ0n) is 14.2. The predicted molar refractivity (Wildman–Crippen MR) is 90.1 cm³/mol. The number of carbonyl (C=O) groups is 2. The maximum absolute atomic E-state index is 13.7. The van der Waals surface area contributed by atoms with Gasteiger partial charge in [0.1, 0.15) is 5.82 Å². The Morgan fingerprint density at radius 2 is 2.12 bits per heavy atom. The first kappa shape index (κ1) is 17.4. The molecule has 0 aromatic heterocycles. The molecule has 1 atom stereocenters. The fourth-order valence-electron chi connectivity index (χ4n) is 3.29. The molecule has 0 saturated carbocycles. The van der Waals surface area contributed by atoms with E-state index in [4.69, 9.17) is 4.74 Å². The number of hydrogen-bond donors (Lipinski definition) is 2. The molecule has 1 saturated heterocycles. The number of rotatable bonds is 5. The Morgan fingerprint density at radius 1 is 1.36 bits per heavy atom. The Hall–Kier alpha value is -2.41. The molecule has 0 aliphatic carbocycles. The lowest BCUT2D eigenvalue weighted by atomic mass is 9.95. The molecule has 2 heterocycles. The Balaban J connectivity index is 2.00. The molecule has 1 fully saturated rings. The van der Waals surface area contributed by atoms with Crippen LogP contribution in [0.2, 0.25) is 0 Å². The van der Waals surface area contributed by atoms with Gasteiger partial charge in [-0.2, -0.15) is 0 Å². The largest absolute Gasteiger partial charge is 0.463 e. The second-order valence-corrected chi connectivity index (χ2v) is 6.18. The van der Waals surface area contributed by atoms with Gasteiger partial charge in [-0.25, -0.2) is 14.0 Å². The highest BCUT2D eigenvalue weighted by atomic mass is 19.1. The van der Waals surface area contributed by atoms with E-state index < -0.39 is 23.9 Å². The van der Waals surface area contributed by atoms with Gasteiger partial charge >= 0.3 is 12.0 Å². The average Bonchev–Trinajstić information content (AvgIpc) is 3.07. The molecule has 0 radical (unpaired) electrons. The highest BCUT2D eigenvalue weighted by molar-refractivity contribution is 5.95. The van der Waals surface area contributed by atoms with Crippen LogP contribution in [0.25, 0.3) is 0 Å². The zero-order chi connectivity index (χ0) is 17.8. The van der Waals surface area contributed by atoms with Crippen LogP contribution in [0, 0.1) is 5.82 Å². The number of likely N-dealkylation sites (tertiary alicyclic amines) is 1. The number of nitrogens with one attached hydrogen (secondary N) is 2. The van der Waals surface area contributed by atoms with Gasteiger partial charge in [0.25, 0.3) is 0 Å². The van der Waals surface area contributed by atoms with E-state index in [-0.39, 0.29) is 6.61 Å². The summed E-state index contributed by atoms with van der Waals surface area (Å²) >= 11 is 0. The Kier molecular flexibility index (Phi) is 5.33. The van der Waals surface area contributed by atoms with Crippen molar-refractivity contribution in [2.24, 2.45) is 0 Å². The highest BCUT2D eigenvalue weighted by Crippen LogP contribution is 2.29. The quantitative estimate of drug-likeness (QED) is 0.800. The highest BCUT2D eigenvalue weighted by Gasteiger charge is 2.34. The van der Waals surface area contributed by atoms with Crippen molar-refractivity contribution in [3.05, 3.63) is 46.9 Å². The van der Waals surface area contributed by atoms with E-state index in [0.717, 1.165) is 25.9 Å². The molecule has 0 spiro atoms. The molecule has 0 bridgehead atoms. The third-order valence-corrected chi connectivity index (χ3v) is 4.41. The fourth-order valence-corrected chi connectivity index (χ4v) is 3.29. The average molecular weight is 347 g/mol. The molecule has 2 N–H and O–H groups in total. The third kappa shape index (κ3) is 3.99. The number of esters is 1. The molecular formula is C18H22FN3O3. The summed E-state index contributed by atoms with van der Waals surface area (Å²) in [5, 5.41) is 5.45. The molecule has 7 heteroatoms. The maximum atomic E-state index is 13.7. The molecule has 1 unspecified atom stereocenters. The smallest absolute Gasteiger partial charge is 0.338 e. The molecule has 2 aliphatic rings. The van der Waals surface area contributed by atoms with Crippen molar-refractivity contribution in [1.29, 1.82) is 0 Å². The van der Waals surface area contributed by atoms with E-state index in [1.807, 2.05) is 0 Å². The first-order chi connectivity index (χ1) is 12.1. The van der Waals surface area contributed by atoms with Crippen LogP contribution in [0.5, 0.6) is 0 Å². The van der Waals surface area contributed by atoms with Crippen LogP contribution in [0.3, 0.4) is 0 Å². The van der Waals surface area contributed by atoms with E-state index in [9.17, 15) is 14.0 Å². The maximum Gasteiger partial charge on any atom is 0.338 e. The first-order valence-corrected chi connectivity index (χ1v) is 8.54. The van der Waals surface area contributed by atoms with Crippen LogP contribution in [0.4, 0.5) is 9.18 Å². The van der Waals surface area contributed by atoms with Gasteiger partial charge in [0.15, 0.2) is 0 Å². The van der Waals surface area contributed by atoms with Crippen molar-refractivity contribution >= 4 is 12.0 Å². The summed E-state index contributed by atoms with van der Waals surface area (Å²) in [5.74, 6) is -0.923. The van der Waals surface area contributed by atoms with Crippen molar-refractivity contribution in [3.8, 4) is 0 Å². The second-order valence-electron chi connectivity index (χ2n) is 6.18. The fraction of sp³-hybridized carbons (Fsp3) is 0.444. The summed E-state index contributed by atoms with van der Waals surface area (Å²) in [7, 11) is 0. The zero-order valence-corrected chi connectivity index (χ0v) is 14.2. The van der Waals surface area contributed by atoms with Crippen LogP contribution in [0.1, 0.15) is 31.4 Å². The number of urea groups is 1. The van der Waals surface area contributed by atoms with Gasteiger partial charge in [-0.1, -0.05) is 12.1 Å². The Morgan fingerprint density at radius 3 is 2.80 bits per heavy atom. The van der Waals surface area contributed by atoms with Crippen LogP contribution >= 0.6 is 0 Å². The topological polar surface area (TPSA) is 70.7 Å². The van der Waals surface area contributed by atoms with Gasteiger partial charge in [0.2, 0.25) is 0 Å². The van der Waals surface area contributed by atoms with Gasteiger partial charge in [0.05, 0.1) is 18.2 Å². The lowest BCUT2D eigenvalue weighted by molar-refractivity contribution is -0.139. The first-order valence-electron chi connectivity index (χ1n) is 8.54. The monoisotopic (exact) mass is 347 g/mol. The molecule has 3 rings (SSSR count). The minimum Gasteiger partial charge on any atom is -0.463 e. The Labute approximate surface area is 146 Å². The molecule has 6 nitrogen and oxygen atoms in total. The molecule has 25 heavy (non-hydrogen) atoms. The van der Waals surface area contributed by atoms with Gasteiger partial charge in [-0.05, 0) is 50.6 Å². The minimum atomic E-state index is -0.735. The van der Waals surface area contributed by atoms with Crippen molar-refractivity contribution in [3.63, 3.8) is 0 Å². The number of carbonyl (C=O) groups excluding carboxylic acids is 2. The third-order valence-electron chi connectivity index (χ3n) is 4.41.